The Morgan fingerprint density at radius 2 is 1.89 bits per heavy atom. The number of nitrogens with one attached hydrogen (secondary N) is 3. The van der Waals surface area contributed by atoms with Crippen molar-refractivity contribution in [2.24, 2.45) is 4.99 Å². The second kappa shape index (κ2) is 8.91. The van der Waals surface area contributed by atoms with E-state index in [1.807, 2.05) is 0 Å². The summed E-state index contributed by atoms with van der Waals surface area (Å²) in [6, 6.07) is 1.52. The minimum absolute atomic E-state index is 0.0599. The fourth-order valence-electron chi connectivity index (χ4n) is 1.88. The maximum Gasteiger partial charge on any atom is 0.434 e. The molecule has 1 amide bonds. The molecule has 0 unspecified atom stereocenters. The van der Waals surface area contributed by atoms with Crippen LogP contribution in [0.25, 0.3) is 0 Å². The Bertz CT molecular complexity index is 882. The molecule has 28 heavy (non-hydrogen) atoms. The van der Waals surface area contributed by atoms with Crippen LogP contribution in [0.15, 0.2) is 22.5 Å². The maximum atomic E-state index is 13.5. The molecule has 0 atom stereocenters. The van der Waals surface area contributed by atoms with Gasteiger partial charge in [0.05, 0.1) is 18.8 Å². The molecule has 0 aliphatic rings. The van der Waals surface area contributed by atoms with Crippen LogP contribution in [-0.2, 0) is 17.5 Å². The third-order valence-electron chi connectivity index (χ3n) is 3.20. The van der Waals surface area contributed by atoms with Crippen molar-refractivity contribution >= 4 is 28.9 Å². The van der Waals surface area contributed by atoms with Gasteiger partial charge >= 0.3 is 6.18 Å². The third kappa shape index (κ3) is 5.58. The zero-order valence-corrected chi connectivity index (χ0v) is 14.9. The summed E-state index contributed by atoms with van der Waals surface area (Å²) < 4.78 is 77.0. The number of nitrogens with zero attached hydrogens (tertiary/aromatic N) is 2. The molecule has 0 radical (unpaired) electrons. The highest BCUT2D eigenvalue weighted by molar-refractivity contribution is 7.09. The normalized spacial score (nSPS) is 12.0. The molecule has 1 aromatic carbocycles. The molecule has 2 aromatic rings. The first-order chi connectivity index (χ1) is 13.1. The highest BCUT2D eigenvalue weighted by Gasteiger charge is 2.33. The highest BCUT2D eigenvalue weighted by atomic mass is 32.1. The summed E-state index contributed by atoms with van der Waals surface area (Å²) in [5, 5.41) is 8.25. The van der Waals surface area contributed by atoms with Gasteiger partial charge in [-0.25, -0.2) is 18.2 Å². The van der Waals surface area contributed by atoms with E-state index in [4.69, 9.17) is 0 Å². The lowest BCUT2D eigenvalue weighted by Gasteiger charge is -2.11. The average molecular weight is 425 g/mol. The van der Waals surface area contributed by atoms with Crippen molar-refractivity contribution in [2.75, 3.05) is 18.9 Å². The van der Waals surface area contributed by atoms with Crippen LogP contribution in [0.5, 0.6) is 0 Å². The van der Waals surface area contributed by atoms with Gasteiger partial charge in [-0.3, -0.25) is 9.79 Å². The van der Waals surface area contributed by atoms with Crippen molar-refractivity contribution in [2.45, 2.75) is 12.7 Å². The fraction of sp³-hybridized carbons (Fsp3) is 0.267. The van der Waals surface area contributed by atoms with Crippen molar-refractivity contribution in [1.29, 1.82) is 0 Å². The van der Waals surface area contributed by atoms with Gasteiger partial charge in [0.15, 0.2) is 29.1 Å². The molecule has 0 spiro atoms. The van der Waals surface area contributed by atoms with Crippen molar-refractivity contribution in [3.05, 3.63) is 45.7 Å². The van der Waals surface area contributed by atoms with E-state index in [0.717, 1.165) is 22.8 Å². The van der Waals surface area contributed by atoms with Gasteiger partial charge in [0.25, 0.3) is 0 Å². The van der Waals surface area contributed by atoms with E-state index in [0.29, 0.717) is 6.07 Å². The third-order valence-corrected chi connectivity index (χ3v) is 4.05. The number of benzene rings is 1. The van der Waals surface area contributed by atoms with Crippen LogP contribution >= 0.6 is 11.3 Å². The van der Waals surface area contributed by atoms with E-state index in [1.54, 1.807) is 0 Å². The molecule has 3 N–H and O–H groups in total. The van der Waals surface area contributed by atoms with Crippen molar-refractivity contribution in [3.8, 4) is 0 Å². The summed E-state index contributed by atoms with van der Waals surface area (Å²) in [7, 11) is 1.35. The van der Waals surface area contributed by atoms with Crippen LogP contribution in [0, 0.1) is 17.5 Å². The standard InChI is InChI=1S/C15H13F6N5OS/c1-22-14(24-5-11-26-9(6-28-11)15(19,20)21)23-4-10(27)25-8-3-2-7(16)12(17)13(8)18/h2-3,6H,4-5H2,1H3,(H,25,27)(H2,22,23,24). The lowest BCUT2D eigenvalue weighted by molar-refractivity contribution is -0.140. The molecule has 0 aliphatic heterocycles. The van der Waals surface area contributed by atoms with E-state index in [2.05, 4.69) is 25.9 Å². The molecular formula is C15H13F6N5OS. The van der Waals surface area contributed by atoms with Crippen LogP contribution in [0.2, 0.25) is 0 Å². The molecule has 0 aliphatic carbocycles. The average Bonchev–Trinajstić information content (AvgIpc) is 3.12. The highest BCUT2D eigenvalue weighted by Crippen LogP contribution is 2.29. The van der Waals surface area contributed by atoms with Crippen molar-refractivity contribution in [1.82, 2.24) is 15.6 Å². The number of anilines is 1. The summed E-state index contributed by atoms with van der Waals surface area (Å²) in [6.45, 7) is -0.510. The smallest absolute Gasteiger partial charge is 0.350 e. The first kappa shape index (κ1) is 21.5. The van der Waals surface area contributed by atoms with E-state index in [9.17, 15) is 31.1 Å². The molecule has 1 aromatic heterocycles. The molecule has 1 heterocycles. The topological polar surface area (TPSA) is 78.4 Å². The second-order valence-corrected chi connectivity index (χ2v) is 6.12. The molecule has 0 bridgehead atoms. The minimum atomic E-state index is -4.54. The number of thiazole rings is 1. The summed E-state index contributed by atoms with van der Waals surface area (Å²) in [6.07, 6.45) is -4.54. The Kier molecular flexibility index (Phi) is 6.83. The Hall–Kier alpha value is -2.83. The number of amides is 1. The minimum Gasteiger partial charge on any atom is -0.350 e. The summed E-state index contributed by atoms with van der Waals surface area (Å²) in [4.78, 5) is 19.0. The largest absolute Gasteiger partial charge is 0.434 e. The van der Waals surface area contributed by atoms with E-state index >= 15 is 0 Å². The van der Waals surface area contributed by atoms with E-state index in [-0.39, 0.29) is 17.5 Å². The van der Waals surface area contributed by atoms with Gasteiger partial charge < -0.3 is 16.0 Å². The molecule has 0 fully saturated rings. The van der Waals surface area contributed by atoms with Crippen LogP contribution in [0.1, 0.15) is 10.7 Å². The van der Waals surface area contributed by atoms with Gasteiger partial charge in [-0.15, -0.1) is 11.3 Å². The second-order valence-electron chi connectivity index (χ2n) is 5.17. The lowest BCUT2D eigenvalue weighted by atomic mass is 10.2. The van der Waals surface area contributed by atoms with Gasteiger partial charge in [-0.1, -0.05) is 0 Å². The Labute approximate surface area is 158 Å². The quantitative estimate of drug-likeness (QED) is 0.298. The number of carbonyl (C=O) groups is 1. The zero-order valence-electron chi connectivity index (χ0n) is 14.1. The molecule has 152 valence electrons. The number of alkyl halides is 3. The summed E-state index contributed by atoms with van der Waals surface area (Å²) in [5.74, 6) is -5.38. The van der Waals surface area contributed by atoms with Crippen molar-refractivity contribution < 1.29 is 31.1 Å². The van der Waals surface area contributed by atoms with Crippen LogP contribution < -0.4 is 16.0 Å². The molecule has 0 saturated heterocycles. The molecule has 0 saturated carbocycles. The van der Waals surface area contributed by atoms with E-state index in [1.165, 1.54) is 7.05 Å². The Balaban J connectivity index is 1.86. The van der Waals surface area contributed by atoms with Gasteiger partial charge in [0, 0.05) is 12.4 Å². The SMILES string of the molecule is CN=C(NCC(=O)Nc1ccc(F)c(F)c1F)NCc1nc(C(F)(F)F)cs1. The first-order valence-corrected chi connectivity index (χ1v) is 8.39. The van der Waals surface area contributed by atoms with Gasteiger partial charge in [0.2, 0.25) is 5.91 Å². The number of carbonyl (C=O) groups excluding carboxylic acids is 1. The number of aromatic nitrogens is 1. The summed E-state index contributed by atoms with van der Waals surface area (Å²) in [5.41, 5.74) is -1.55. The van der Waals surface area contributed by atoms with Crippen LogP contribution in [-0.4, -0.2) is 30.4 Å². The summed E-state index contributed by atoms with van der Waals surface area (Å²) >= 11 is 0.796. The number of hydrogen-bond acceptors (Lipinski definition) is 4. The van der Waals surface area contributed by atoms with Gasteiger partial charge in [-0.2, -0.15) is 13.2 Å². The number of guanidine groups is 1. The molecule has 2 rings (SSSR count). The number of aliphatic imine (C=N–C) groups is 1. The molecular weight excluding hydrogens is 412 g/mol. The number of rotatable bonds is 5. The predicted octanol–water partition coefficient (Wildman–Crippen LogP) is 2.88. The maximum absolute atomic E-state index is 13.5. The fourth-order valence-corrected chi connectivity index (χ4v) is 2.62. The van der Waals surface area contributed by atoms with Gasteiger partial charge in [0.1, 0.15) is 5.01 Å². The van der Waals surface area contributed by atoms with Crippen LogP contribution in [0.3, 0.4) is 0 Å². The first-order valence-electron chi connectivity index (χ1n) is 7.51. The Morgan fingerprint density at radius 3 is 2.50 bits per heavy atom. The molecule has 13 heteroatoms. The van der Waals surface area contributed by atoms with Crippen molar-refractivity contribution in [3.63, 3.8) is 0 Å². The van der Waals surface area contributed by atoms with Crippen LogP contribution in [0.4, 0.5) is 32.0 Å². The monoisotopic (exact) mass is 425 g/mol. The number of halogens is 6. The lowest BCUT2D eigenvalue weighted by Crippen LogP contribution is -2.41. The predicted molar refractivity (Wildman–Crippen MR) is 90.3 cm³/mol. The Morgan fingerprint density at radius 1 is 1.18 bits per heavy atom. The zero-order chi connectivity index (χ0) is 20.9. The molecule has 6 nitrogen and oxygen atoms in total. The van der Waals surface area contributed by atoms with Gasteiger partial charge in [-0.05, 0) is 12.1 Å². The number of hydrogen-bond donors (Lipinski definition) is 3. The van der Waals surface area contributed by atoms with E-state index < -0.39 is 47.5 Å².